The van der Waals surface area contributed by atoms with E-state index < -0.39 is 11.6 Å². The molecule has 2 nitrogen and oxygen atoms in total. The molecule has 0 saturated heterocycles. The van der Waals surface area contributed by atoms with Crippen LogP contribution in [-0.2, 0) is 11.2 Å². The normalized spacial score (nSPS) is 33.5. The SMILES string of the molecule is C[C@]12CCC3c4ccc(O)cc4CCC3C1C(CCCC(=O)Br)C=C2C(F)(F)F. The fourth-order valence-electron chi connectivity index (χ4n) is 6.59. The lowest BCUT2D eigenvalue weighted by molar-refractivity contribution is -0.115. The second-order valence-corrected chi connectivity index (χ2v) is 10.0. The van der Waals surface area contributed by atoms with Crippen LogP contribution < -0.4 is 0 Å². The summed E-state index contributed by atoms with van der Waals surface area (Å²) in [5.41, 5.74) is 1.14. The zero-order valence-electron chi connectivity index (χ0n) is 16.4. The molecule has 0 amide bonds. The van der Waals surface area contributed by atoms with Gasteiger partial charge in [-0.05, 0) is 101 Å². The number of aryl methyl sites for hydroxylation is 1. The van der Waals surface area contributed by atoms with Gasteiger partial charge in [0.15, 0.2) is 4.69 Å². The van der Waals surface area contributed by atoms with Crippen molar-refractivity contribution in [1.82, 2.24) is 0 Å². The number of phenols is 1. The maximum absolute atomic E-state index is 14.0. The summed E-state index contributed by atoms with van der Waals surface area (Å²) in [7, 11) is 0. The maximum Gasteiger partial charge on any atom is 0.412 e. The number of rotatable bonds is 4. The van der Waals surface area contributed by atoms with Gasteiger partial charge in [-0.3, -0.25) is 4.79 Å². The smallest absolute Gasteiger partial charge is 0.412 e. The summed E-state index contributed by atoms with van der Waals surface area (Å²) in [4.78, 5) is 11.3. The van der Waals surface area contributed by atoms with E-state index in [0.29, 0.717) is 25.7 Å². The molecule has 29 heavy (non-hydrogen) atoms. The topological polar surface area (TPSA) is 37.3 Å². The number of phenolic OH excluding ortho intramolecular Hbond substituents is 1. The summed E-state index contributed by atoms with van der Waals surface area (Å²) in [6.45, 7) is 1.81. The third kappa shape index (κ3) is 3.66. The predicted molar refractivity (Wildman–Crippen MR) is 109 cm³/mol. The average molecular weight is 471 g/mol. The molecule has 1 aromatic carbocycles. The molecule has 0 radical (unpaired) electrons. The molecular formula is C23H26BrF3O2. The van der Waals surface area contributed by atoms with Gasteiger partial charge in [0.05, 0.1) is 0 Å². The Bertz CT molecular complexity index is 847. The van der Waals surface area contributed by atoms with Crippen LogP contribution in [0.4, 0.5) is 13.2 Å². The van der Waals surface area contributed by atoms with Crippen LogP contribution in [0.25, 0.3) is 0 Å². The molecule has 4 rings (SSSR count). The van der Waals surface area contributed by atoms with Crippen LogP contribution in [0.15, 0.2) is 29.8 Å². The highest BCUT2D eigenvalue weighted by Crippen LogP contribution is 2.65. The lowest BCUT2D eigenvalue weighted by Gasteiger charge is -2.52. The van der Waals surface area contributed by atoms with E-state index in [1.54, 1.807) is 6.07 Å². The standard InChI is InChI=1S/C23H26BrF3O2/c1-22-10-9-17-16-8-6-15(28)11-13(16)5-7-18(17)21(22)14(3-2-4-20(24)29)12-19(22)23(25,26)27/h6,8,11-12,14,17-18,21,28H,2-5,7,9-10H2,1H3/t14?,17?,18?,21?,22-/m1/s1. The zero-order valence-corrected chi connectivity index (χ0v) is 18.0. The largest absolute Gasteiger partial charge is 0.508 e. The fourth-order valence-corrected chi connectivity index (χ4v) is 6.87. The van der Waals surface area contributed by atoms with Crippen LogP contribution >= 0.6 is 15.9 Å². The van der Waals surface area contributed by atoms with Crippen molar-refractivity contribution in [3.05, 3.63) is 41.0 Å². The first-order valence-corrected chi connectivity index (χ1v) is 11.2. The Balaban J connectivity index is 1.68. The molecule has 0 aliphatic heterocycles. The number of alkyl halides is 3. The molecule has 0 heterocycles. The monoisotopic (exact) mass is 470 g/mol. The minimum Gasteiger partial charge on any atom is -0.508 e. The number of hydrogen-bond acceptors (Lipinski definition) is 2. The minimum absolute atomic E-state index is 0.0507. The average Bonchev–Trinajstić information content (AvgIpc) is 2.94. The lowest BCUT2D eigenvalue weighted by atomic mass is 9.52. The Morgan fingerprint density at radius 1 is 1.31 bits per heavy atom. The highest BCUT2D eigenvalue weighted by molar-refractivity contribution is 9.18. The first-order chi connectivity index (χ1) is 13.6. The molecule has 5 atom stereocenters. The molecule has 3 aliphatic rings. The van der Waals surface area contributed by atoms with Gasteiger partial charge in [0.2, 0.25) is 0 Å². The number of carbonyl (C=O) groups is 1. The number of benzene rings is 1. The predicted octanol–water partition coefficient (Wildman–Crippen LogP) is 6.66. The molecule has 1 fully saturated rings. The Morgan fingerprint density at radius 3 is 2.76 bits per heavy atom. The van der Waals surface area contributed by atoms with E-state index in [9.17, 15) is 23.1 Å². The van der Waals surface area contributed by atoms with Gasteiger partial charge in [-0.15, -0.1) is 0 Å². The van der Waals surface area contributed by atoms with E-state index in [-0.39, 0.29) is 39.7 Å². The van der Waals surface area contributed by atoms with Crippen LogP contribution in [0.1, 0.15) is 62.5 Å². The molecule has 1 saturated carbocycles. The minimum atomic E-state index is -4.31. The van der Waals surface area contributed by atoms with Crippen molar-refractivity contribution in [3.8, 4) is 5.75 Å². The van der Waals surface area contributed by atoms with Gasteiger partial charge in [0, 0.05) is 17.4 Å². The summed E-state index contributed by atoms with van der Waals surface area (Å²) in [5.74, 6) is 0.507. The highest BCUT2D eigenvalue weighted by Gasteiger charge is 2.60. The van der Waals surface area contributed by atoms with Crippen LogP contribution in [0, 0.1) is 23.2 Å². The quantitative estimate of drug-likeness (QED) is 0.394. The van der Waals surface area contributed by atoms with Crippen LogP contribution in [0.2, 0.25) is 0 Å². The molecule has 0 spiro atoms. The molecule has 1 aromatic rings. The van der Waals surface area contributed by atoms with Crippen LogP contribution in [0.3, 0.4) is 0 Å². The molecule has 0 aromatic heterocycles. The van der Waals surface area contributed by atoms with Crippen molar-refractivity contribution in [2.45, 2.75) is 64.0 Å². The molecule has 158 valence electrons. The van der Waals surface area contributed by atoms with E-state index in [1.165, 1.54) is 11.6 Å². The lowest BCUT2D eigenvalue weighted by Crippen LogP contribution is -2.45. The Labute approximate surface area is 177 Å². The van der Waals surface area contributed by atoms with E-state index in [4.69, 9.17) is 0 Å². The zero-order chi connectivity index (χ0) is 21.0. The second kappa shape index (κ2) is 7.44. The van der Waals surface area contributed by atoms with Gasteiger partial charge < -0.3 is 5.11 Å². The van der Waals surface area contributed by atoms with E-state index in [0.717, 1.165) is 24.8 Å². The first kappa shape index (κ1) is 21.0. The summed E-state index contributed by atoms with van der Waals surface area (Å²) < 4.78 is 41.8. The van der Waals surface area contributed by atoms with Gasteiger partial charge in [-0.25, -0.2) is 0 Å². The summed E-state index contributed by atoms with van der Waals surface area (Å²) in [5, 5.41) is 9.82. The summed E-state index contributed by atoms with van der Waals surface area (Å²) >= 11 is 2.93. The first-order valence-electron chi connectivity index (χ1n) is 10.4. The number of allylic oxidation sites excluding steroid dienone is 2. The Kier molecular flexibility index (Phi) is 5.37. The van der Waals surface area contributed by atoms with Crippen molar-refractivity contribution in [2.75, 3.05) is 0 Å². The molecule has 1 N–H and O–H groups in total. The van der Waals surface area contributed by atoms with E-state index in [1.807, 2.05) is 19.1 Å². The van der Waals surface area contributed by atoms with Crippen LogP contribution in [0.5, 0.6) is 5.75 Å². The van der Waals surface area contributed by atoms with E-state index >= 15 is 0 Å². The molecule has 0 bridgehead atoms. The van der Waals surface area contributed by atoms with Crippen LogP contribution in [-0.4, -0.2) is 16.0 Å². The highest BCUT2D eigenvalue weighted by atomic mass is 79.9. The Morgan fingerprint density at radius 2 is 2.07 bits per heavy atom. The van der Waals surface area contributed by atoms with Crippen molar-refractivity contribution >= 4 is 20.6 Å². The number of fused-ring (bicyclic) bond motifs is 5. The van der Waals surface area contributed by atoms with E-state index in [2.05, 4.69) is 15.9 Å². The summed E-state index contributed by atoms with van der Waals surface area (Å²) in [6, 6.07) is 5.48. The molecule has 6 heteroatoms. The number of aromatic hydroxyl groups is 1. The third-order valence-corrected chi connectivity index (χ3v) is 8.03. The molecular weight excluding hydrogens is 445 g/mol. The summed E-state index contributed by atoms with van der Waals surface area (Å²) in [6.07, 6.45) is 1.68. The van der Waals surface area contributed by atoms with Crippen molar-refractivity contribution in [3.63, 3.8) is 0 Å². The third-order valence-electron chi connectivity index (χ3n) is 7.64. The fraction of sp³-hybridized carbons (Fsp3) is 0.609. The molecule has 3 aliphatic carbocycles. The number of hydrogen-bond donors (Lipinski definition) is 1. The molecule has 4 unspecified atom stereocenters. The maximum atomic E-state index is 14.0. The second-order valence-electron chi connectivity index (χ2n) is 9.16. The van der Waals surface area contributed by atoms with Crippen molar-refractivity contribution < 1.29 is 23.1 Å². The number of carbonyl (C=O) groups excluding carboxylic acids is 1. The Hall–Kier alpha value is -1.30. The van der Waals surface area contributed by atoms with Gasteiger partial charge in [0.1, 0.15) is 5.75 Å². The van der Waals surface area contributed by atoms with Crippen molar-refractivity contribution in [2.24, 2.45) is 23.2 Å². The van der Waals surface area contributed by atoms with Crippen molar-refractivity contribution in [1.29, 1.82) is 0 Å². The van der Waals surface area contributed by atoms with Gasteiger partial charge in [-0.1, -0.05) is 19.1 Å². The van der Waals surface area contributed by atoms with Gasteiger partial charge in [0.25, 0.3) is 0 Å². The number of halogens is 4. The van der Waals surface area contributed by atoms with Gasteiger partial charge in [-0.2, -0.15) is 13.2 Å². The van der Waals surface area contributed by atoms with Gasteiger partial charge >= 0.3 is 6.18 Å².